The van der Waals surface area contributed by atoms with Crippen molar-refractivity contribution in [3.05, 3.63) is 54.1 Å². The highest BCUT2D eigenvalue weighted by atomic mass is 16.4. The van der Waals surface area contributed by atoms with Crippen molar-refractivity contribution >= 4 is 5.97 Å². The second-order valence-corrected chi connectivity index (χ2v) is 4.20. The Labute approximate surface area is 105 Å². The number of carbonyl (C=O) groups is 1. The van der Waals surface area contributed by atoms with Crippen LogP contribution in [-0.4, -0.2) is 16.2 Å². The van der Waals surface area contributed by atoms with E-state index < -0.39 is 11.9 Å². The maximum Gasteiger partial charge on any atom is 0.310 e. The Bertz CT molecular complexity index is 558. The van der Waals surface area contributed by atoms with Crippen LogP contribution in [-0.2, 0) is 4.79 Å². The maximum atomic E-state index is 10.9. The van der Waals surface area contributed by atoms with E-state index in [1.165, 1.54) is 0 Å². The molecule has 1 atom stereocenters. The van der Waals surface area contributed by atoms with Crippen molar-refractivity contribution in [3.8, 4) is 16.9 Å². The molecule has 3 heteroatoms. The van der Waals surface area contributed by atoms with E-state index in [1.54, 1.807) is 31.2 Å². The summed E-state index contributed by atoms with van der Waals surface area (Å²) in [5.41, 5.74) is 2.36. The van der Waals surface area contributed by atoms with Gasteiger partial charge in [0.15, 0.2) is 0 Å². The minimum atomic E-state index is -0.842. The molecule has 0 saturated carbocycles. The lowest BCUT2D eigenvalue weighted by Crippen LogP contribution is -2.06. The molecule has 2 N–H and O–H groups in total. The molecule has 1 unspecified atom stereocenters. The Balaban J connectivity index is 2.34. The molecule has 2 aromatic carbocycles. The number of hydrogen-bond acceptors (Lipinski definition) is 2. The number of phenolic OH excluding ortho intramolecular Hbond substituents is 1. The van der Waals surface area contributed by atoms with E-state index >= 15 is 0 Å². The van der Waals surface area contributed by atoms with Crippen LogP contribution < -0.4 is 0 Å². The average Bonchev–Trinajstić information content (AvgIpc) is 2.38. The summed E-state index contributed by atoms with van der Waals surface area (Å²) in [7, 11) is 0. The number of para-hydroxylation sites is 1. The van der Waals surface area contributed by atoms with Crippen LogP contribution >= 0.6 is 0 Å². The predicted molar refractivity (Wildman–Crippen MR) is 69.6 cm³/mol. The van der Waals surface area contributed by atoms with Crippen LogP contribution in [0.5, 0.6) is 5.75 Å². The molecule has 0 aromatic heterocycles. The molecule has 92 valence electrons. The van der Waals surface area contributed by atoms with Crippen molar-refractivity contribution in [3.63, 3.8) is 0 Å². The van der Waals surface area contributed by atoms with E-state index in [0.717, 1.165) is 16.7 Å². The summed E-state index contributed by atoms with van der Waals surface area (Å²) >= 11 is 0. The highest BCUT2D eigenvalue weighted by Crippen LogP contribution is 2.29. The third-order valence-corrected chi connectivity index (χ3v) is 3.00. The van der Waals surface area contributed by atoms with Crippen molar-refractivity contribution in [2.24, 2.45) is 0 Å². The molecule has 2 rings (SSSR count). The fourth-order valence-corrected chi connectivity index (χ4v) is 1.81. The first-order chi connectivity index (χ1) is 8.59. The topological polar surface area (TPSA) is 57.5 Å². The summed E-state index contributed by atoms with van der Waals surface area (Å²) in [5.74, 6) is -1.15. The second-order valence-electron chi connectivity index (χ2n) is 4.20. The van der Waals surface area contributed by atoms with Gasteiger partial charge in [-0.25, -0.2) is 0 Å². The Morgan fingerprint density at radius 2 is 1.67 bits per heavy atom. The van der Waals surface area contributed by atoms with Gasteiger partial charge in [0, 0.05) is 5.56 Å². The van der Waals surface area contributed by atoms with Gasteiger partial charge < -0.3 is 10.2 Å². The van der Waals surface area contributed by atoms with Crippen molar-refractivity contribution < 1.29 is 15.0 Å². The number of rotatable bonds is 3. The van der Waals surface area contributed by atoms with Gasteiger partial charge in [0.25, 0.3) is 0 Å². The highest BCUT2D eigenvalue weighted by Gasteiger charge is 2.13. The number of phenols is 1. The second kappa shape index (κ2) is 4.92. The highest BCUT2D eigenvalue weighted by molar-refractivity contribution is 5.76. The summed E-state index contributed by atoms with van der Waals surface area (Å²) < 4.78 is 0. The molecule has 0 saturated heterocycles. The number of carboxylic acid groups (broad SMARTS) is 1. The quantitative estimate of drug-likeness (QED) is 0.868. The maximum absolute atomic E-state index is 10.9. The van der Waals surface area contributed by atoms with Crippen molar-refractivity contribution in [2.75, 3.05) is 0 Å². The predicted octanol–water partition coefficient (Wildman–Crippen LogP) is 3.25. The molecule has 0 heterocycles. The van der Waals surface area contributed by atoms with E-state index in [9.17, 15) is 9.90 Å². The SMILES string of the molecule is CC(C(=O)O)c1ccc(-c2ccccc2O)cc1. The van der Waals surface area contributed by atoms with Gasteiger partial charge in [-0.15, -0.1) is 0 Å². The Kier molecular flexibility index (Phi) is 3.33. The van der Waals surface area contributed by atoms with E-state index in [0.29, 0.717) is 0 Å². The minimum Gasteiger partial charge on any atom is -0.507 e. The van der Waals surface area contributed by atoms with E-state index in [1.807, 2.05) is 24.3 Å². The zero-order chi connectivity index (χ0) is 13.1. The molecule has 0 spiro atoms. The minimum absolute atomic E-state index is 0.219. The Morgan fingerprint density at radius 3 is 2.22 bits per heavy atom. The largest absolute Gasteiger partial charge is 0.507 e. The van der Waals surface area contributed by atoms with Crippen molar-refractivity contribution in [1.82, 2.24) is 0 Å². The first-order valence-electron chi connectivity index (χ1n) is 5.70. The number of hydrogen-bond donors (Lipinski definition) is 2. The number of aromatic hydroxyl groups is 1. The first kappa shape index (κ1) is 12.2. The standard InChI is InChI=1S/C15H14O3/c1-10(15(17)18)11-6-8-12(9-7-11)13-4-2-3-5-14(13)16/h2-10,16H,1H3,(H,17,18). The summed E-state index contributed by atoms with van der Waals surface area (Å²) in [5, 5.41) is 18.7. The van der Waals surface area contributed by atoms with Crippen molar-refractivity contribution in [2.45, 2.75) is 12.8 Å². The third-order valence-electron chi connectivity index (χ3n) is 3.00. The normalized spacial score (nSPS) is 12.1. The van der Waals surface area contributed by atoms with Crippen LogP contribution in [0.25, 0.3) is 11.1 Å². The average molecular weight is 242 g/mol. The van der Waals surface area contributed by atoms with Gasteiger partial charge >= 0.3 is 5.97 Å². The van der Waals surface area contributed by atoms with Gasteiger partial charge in [-0.05, 0) is 24.1 Å². The van der Waals surface area contributed by atoms with Gasteiger partial charge in [-0.3, -0.25) is 4.79 Å². The number of benzene rings is 2. The molecule has 0 aliphatic carbocycles. The molecular weight excluding hydrogens is 228 g/mol. The van der Waals surface area contributed by atoms with Gasteiger partial charge in [0.05, 0.1) is 5.92 Å². The van der Waals surface area contributed by atoms with Crippen LogP contribution in [0.4, 0.5) is 0 Å². The fraction of sp³-hybridized carbons (Fsp3) is 0.133. The number of aliphatic carboxylic acids is 1. The van der Waals surface area contributed by atoms with Gasteiger partial charge in [0.2, 0.25) is 0 Å². The molecule has 0 aliphatic rings. The van der Waals surface area contributed by atoms with Crippen LogP contribution in [0.15, 0.2) is 48.5 Å². The van der Waals surface area contributed by atoms with Crippen LogP contribution in [0.1, 0.15) is 18.4 Å². The fourth-order valence-electron chi connectivity index (χ4n) is 1.81. The smallest absolute Gasteiger partial charge is 0.310 e. The molecular formula is C15H14O3. The Morgan fingerprint density at radius 1 is 1.06 bits per heavy atom. The van der Waals surface area contributed by atoms with Crippen LogP contribution in [0.3, 0.4) is 0 Å². The zero-order valence-corrected chi connectivity index (χ0v) is 10.00. The van der Waals surface area contributed by atoms with Gasteiger partial charge in [-0.2, -0.15) is 0 Å². The molecule has 0 aliphatic heterocycles. The first-order valence-corrected chi connectivity index (χ1v) is 5.70. The molecule has 0 bridgehead atoms. The van der Waals surface area contributed by atoms with E-state index in [2.05, 4.69) is 0 Å². The lowest BCUT2D eigenvalue weighted by Gasteiger charge is -2.08. The Hall–Kier alpha value is -2.29. The van der Waals surface area contributed by atoms with Crippen molar-refractivity contribution in [1.29, 1.82) is 0 Å². The summed E-state index contributed by atoms with van der Waals surface area (Å²) in [6, 6.07) is 14.3. The lowest BCUT2D eigenvalue weighted by atomic mass is 9.97. The third kappa shape index (κ3) is 2.35. The van der Waals surface area contributed by atoms with E-state index in [4.69, 9.17) is 5.11 Å². The molecule has 0 amide bonds. The monoisotopic (exact) mass is 242 g/mol. The van der Waals surface area contributed by atoms with Gasteiger partial charge in [0.1, 0.15) is 5.75 Å². The van der Waals surface area contributed by atoms with Crippen LogP contribution in [0, 0.1) is 0 Å². The molecule has 18 heavy (non-hydrogen) atoms. The lowest BCUT2D eigenvalue weighted by molar-refractivity contribution is -0.138. The summed E-state index contributed by atoms with van der Waals surface area (Å²) in [4.78, 5) is 10.9. The molecule has 0 radical (unpaired) electrons. The molecule has 2 aromatic rings. The number of carboxylic acids is 1. The molecule has 3 nitrogen and oxygen atoms in total. The molecule has 0 fully saturated rings. The van der Waals surface area contributed by atoms with Gasteiger partial charge in [-0.1, -0.05) is 42.5 Å². The summed E-state index contributed by atoms with van der Waals surface area (Å²) in [6.45, 7) is 1.65. The van der Waals surface area contributed by atoms with E-state index in [-0.39, 0.29) is 5.75 Å². The summed E-state index contributed by atoms with van der Waals surface area (Å²) in [6.07, 6.45) is 0. The van der Waals surface area contributed by atoms with Crippen LogP contribution in [0.2, 0.25) is 0 Å². The zero-order valence-electron chi connectivity index (χ0n) is 10.00.